The van der Waals surface area contributed by atoms with E-state index in [-0.39, 0.29) is 5.69 Å². The zero-order chi connectivity index (χ0) is 15.9. The van der Waals surface area contributed by atoms with Crippen molar-refractivity contribution in [3.05, 3.63) is 34.2 Å². The molecule has 0 bridgehead atoms. The first-order valence-electron chi connectivity index (χ1n) is 6.34. The van der Waals surface area contributed by atoms with Gasteiger partial charge in [0.25, 0.3) is 11.5 Å². The van der Waals surface area contributed by atoms with Crippen molar-refractivity contribution in [1.29, 1.82) is 0 Å². The third kappa shape index (κ3) is 4.39. The van der Waals surface area contributed by atoms with E-state index in [4.69, 9.17) is 13.3 Å². The number of amides is 1. The molecule has 0 aliphatic heterocycles. The number of nitrogens with one attached hydrogen (secondary N) is 1. The van der Waals surface area contributed by atoms with Crippen LogP contribution in [0.5, 0.6) is 0 Å². The maximum Gasteiger partial charge on any atom is 0.500 e. The summed E-state index contributed by atoms with van der Waals surface area (Å²) in [6, 6.07) is 4.46. The number of rotatable bonds is 8. The smallest absolute Gasteiger partial charge is 0.425 e. The Morgan fingerprint density at radius 2 is 1.90 bits per heavy atom. The van der Waals surface area contributed by atoms with Gasteiger partial charge in [-0.05, 0) is 12.5 Å². The van der Waals surface area contributed by atoms with Crippen molar-refractivity contribution in [2.45, 2.75) is 12.5 Å². The van der Waals surface area contributed by atoms with Crippen LogP contribution in [0.1, 0.15) is 16.9 Å². The molecule has 118 valence electrons. The van der Waals surface area contributed by atoms with Crippen molar-refractivity contribution in [3.8, 4) is 0 Å². The van der Waals surface area contributed by atoms with E-state index in [0.717, 1.165) is 6.07 Å². The summed E-state index contributed by atoms with van der Waals surface area (Å²) >= 11 is 0. The van der Waals surface area contributed by atoms with Gasteiger partial charge in [-0.25, -0.2) is 0 Å². The fraction of sp³-hybridized carbons (Fsp3) is 0.500. The van der Waals surface area contributed by atoms with E-state index in [1.54, 1.807) is 0 Å². The summed E-state index contributed by atoms with van der Waals surface area (Å²) in [4.78, 5) is 23.0. The minimum atomic E-state index is -2.64. The van der Waals surface area contributed by atoms with Gasteiger partial charge < -0.3 is 23.8 Å². The molecule has 0 aliphatic carbocycles. The zero-order valence-corrected chi connectivity index (χ0v) is 13.3. The Labute approximate surface area is 123 Å². The number of carbonyl (C=O) groups excluding carboxylic acids is 1. The molecule has 1 amide bonds. The molecule has 0 radical (unpaired) electrons. The number of carbonyl (C=O) groups is 1. The molecule has 1 heterocycles. The van der Waals surface area contributed by atoms with Gasteiger partial charge >= 0.3 is 8.80 Å². The summed E-state index contributed by atoms with van der Waals surface area (Å²) in [5, 5.41) is 12.1. The van der Waals surface area contributed by atoms with Crippen LogP contribution in [-0.2, 0) is 13.3 Å². The van der Waals surface area contributed by atoms with E-state index >= 15 is 0 Å². The van der Waals surface area contributed by atoms with Gasteiger partial charge in [0.05, 0.1) is 0 Å². The minimum Gasteiger partial charge on any atom is -0.425 e. The number of hydrogen-bond acceptors (Lipinski definition) is 6. The molecule has 0 saturated carbocycles. The highest BCUT2D eigenvalue weighted by molar-refractivity contribution is 6.60. The Kier molecular flexibility index (Phi) is 6.56. The highest BCUT2D eigenvalue weighted by atomic mass is 28.4. The number of aromatic nitrogens is 1. The van der Waals surface area contributed by atoms with Crippen molar-refractivity contribution >= 4 is 14.7 Å². The predicted molar refractivity (Wildman–Crippen MR) is 76.4 cm³/mol. The largest absolute Gasteiger partial charge is 0.500 e. The van der Waals surface area contributed by atoms with Crippen LogP contribution >= 0.6 is 0 Å². The molecule has 0 aromatic carbocycles. The summed E-state index contributed by atoms with van der Waals surface area (Å²) in [6.07, 6.45) is 0.579. The SMILES string of the molecule is CO[Si](CCCNC(=O)c1cccc(=O)n1O)(OC)OC. The van der Waals surface area contributed by atoms with Crippen molar-refractivity contribution in [2.24, 2.45) is 0 Å². The van der Waals surface area contributed by atoms with E-state index in [0.29, 0.717) is 23.7 Å². The Balaban J connectivity index is 2.51. The van der Waals surface area contributed by atoms with Gasteiger partial charge in [0.2, 0.25) is 0 Å². The quantitative estimate of drug-likeness (QED) is 0.400. The van der Waals surface area contributed by atoms with Gasteiger partial charge in [-0.2, -0.15) is 0 Å². The normalized spacial score (nSPS) is 11.4. The van der Waals surface area contributed by atoms with E-state index in [2.05, 4.69) is 5.32 Å². The molecule has 9 heteroatoms. The maximum atomic E-state index is 11.8. The second-order valence-electron chi connectivity index (χ2n) is 4.22. The molecule has 0 unspecified atom stereocenters. The van der Waals surface area contributed by atoms with Gasteiger partial charge in [0.15, 0.2) is 0 Å². The molecule has 0 fully saturated rings. The van der Waals surface area contributed by atoms with Crippen molar-refractivity contribution in [2.75, 3.05) is 27.9 Å². The number of pyridine rings is 1. The average Bonchev–Trinajstić information content (AvgIpc) is 2.51. The van der Waals surface area contributed by atoms with Crippen LogP contribution in [0.15, 0.2) is 23.0 Å². The Morgan fingerprint density at radius 1 is 1.29 bits per heavy atom. The molecule has 0 saturated heterocycles. The van der Waals surface area contributed by atoms with Crippen LogP contribution in [0, 0.1) is 0 Å². The Hall–Kier alpha value is -1.68. The topological polar surface area (TPSA) is 99.0 Å². The fourth-order valence-corrected chi connectivity index (χ4v) is 3.53. The van der Waals surface area contributed by atoms with Crippen LogP contribution in [0.25, 0.3) is 0 Å². The molecule has 0 atom stereocenters. The first-order chi connectivity index (χ1) is 9.99. The summed E-state index contributed by atoms with van der Waals surface area (Å²) in [7, 11) is 1.92. The van der Waals surface area contributed by atoms with E-state index in [9.17, 15) is 14.8 Å². The second-order valence-corrected chi connectivity index (χ2v) is 7.31. The van der Waals surface area contributed by atoms with Crippen molar-refractivity contribution in [1.82, 2.24) is 10.0 Å². The van der Waals surface area contributed by atoms with Gasteiger partial charge in [0.1, 0.15) is 5.69 Å². The molecule has 0 aliphatic rings. The highest BCUT2D eigenvalue weighted by Gasteiger charge is 2.36. The summed E-state index contributed by atoms with van der Waals surface area (Å²) in [6.45, 7) is 0.340. The Morgan fingerprint density at radius 3 is 2.48 bits per heavy atom. The molecule has 21 heavy (non-hydrogen) atoms. The Bertz CT molecular complexity index is 520. The first-order valence-corrected chi connectivity index (χ1v) is 8.28. The molecule has 0 spiro atoms. The molecule has 2 N–H and O–H groups in total. The van der Waals surface area contributed by atoms with Crippen LogP contribution in [0.2, 0.25) is 6.04 Å². The highest BCUT2D eigenvalue weighted by Crippen LogP contribution is 2.14. The summed E-state index contributed by atoms with van der Waals surface area (Å²) in [5.41, 5.74) is -0.775. The zero-order valence-electron chi connectivity index (χ0n) is 12.3. The second kappa shape index (κ2) is 7.93. The molecule has 1 aromatic rings. The standard InChI is InChI=1S/C12H20N2O6Si/c1-18-21(19-2,20-3)9-5-8-13-12(16)10-6-4-7-11(15)14(10)17/h4,6-7,17H,5,8-9H2,1-3H3,(H,13,16). The van der Waals surface area contributed by atoms with E-state index < -0.39 is 20.3 Å². The lowest BCUT2D eigenvalue weighted by molar-refractivity contribution is 0.0888. The van der Waals surface area contributed by atoms with Crippen LogP contribution in [-0.4, -0.2) is 52.5 Å². The minimum absolute atomic E-state index is 0.115. The number of hydrogen-bond donors (Lipinski definition) is 2. The third-order valence-electron chi connectivity index (χ3n) is 3.04. The van der Waals surface area contributed by atoms with E-state index in [1.165, 1.54) is 33.5 Å². The van der Waals surface area contributed by atoms with Crippen LogP contribution < -0.4 is 10.9 Å². The summed E-state index contributed by atoms with van der Waals surface area (Å²) in [5.74, 6) is -0.533. The van der Waals surface area contributed by atoms with Crippen molar-refractivity contribution in [3.63, 3.8) is 0 Å². The molecule has 1 rings (SSSR count). The van der Waals surface area contributed by atoms with Gasteiger partial charge in [-0.3, -0.25) is 9.59 Å². The predicted octanol–water partition coefficient (Wildman–Crippen LogP) is 0.0836. The van der Waals surface area contributed by atoms with Gasteiger partial charge in [-0.15, -0.1) is 4.73 Å². The number of nitrogens with zero attached hydrogens (tertiary/aromatic N) is 1. The fourth-order valence-electron chi connectivity index (χ4n) is 1.81. The lowest BCUT2D eigenvalue weighted by Crippen LogP contribution is -2.43. The lowest BCUT2D eigenvalue weighted by atomic mass is 10.3. The monoisotopic (exact) mass is 316 g/mol. The molecular formula is C12H20N2O6Si. The van der Waals surface area contributed by atoms with Crippen LogP contribution in [0.3, 0.4) is 0 Å². The molecular weight excluding hydrogens is 296 g/mol. The third-order valence-corrected chi connectivity index (χ3v) is 5.87. The average molecular weight is 316 g/mol. The summed E-state index contributed by atoms with van der Waals surface area (Å²) < 4.78 is 16.1. The van der Waals surface area contributed by atoms with Crippen LogP contribution in [0.4, 0.5) is 0 Å². The van der Waals surface area contributed by atoms with Crippen molar-refractivity contribution < 1.29 is 23.3 Å². The van der Waals surface area contributed by atoms with Gasteiger partial charge in [0, 0.05) is 40.0 Å². The lowest BCUT2D eigenvalue weighted by Gasteiger charge is -2.24. The maximum absolute atomic E-state index is 11.8. The van der Waals surface area contributed by atoms with Gasteiger partial charge in [-0.1, -0.05) is 6.07 Å². The molecule has 8 nitrogen and oxygen atoms in total. The van der Waals surface area contributed by atoms with E-state index in [1.807, 2.05) is 0 Å². The molecule has 1 aromatic heterocycles. The first kappa shape index (κ1) is 17.4.